The van der Waals surface area contributed by atoms with Gasteiger partial charge >= 0.3 is 0 Å². The van der Waals surface area contributed by atoms with Crippen molar-refractivity contribution in [1.29, 1.82) is 5.26 Å². The van der Waals surface area contributed by atoms with Gasteiger partial charge in [0.2, 0.25) is 0 Å². The molecule has 8 heteroatoms. The van der Waals surface area contributed by atoms with Gasteiger partial charge < -0.3 is 15.3 Å². The van der Waals surface area contributed by atoms with Gasteiger partial charge in [-0.05, 0) is 61.1 Å². The SMILES string of the molecule is N#Cc1c(N2CC3CC(C2)C3c2ccc(Cl)cc2)nc2c(c1NC1(CO)CCC1)[S@@](=O)CC2. The Labute approximate surface area is 201 Å². The summed E-state index contributed by atoms with van der Waals surface area (Å²) in [6.07, 6.45) is 4.60. The molecule has 3 aliphatic heterocycles. The summed E-state index contributed by atoms with van der Waals surface area (Å²) in [4.78, 5) is 7.86. The number of anilines is 2. The maximum Gasteiger partial charge on any atom is 0.149 e. The minimum absolute atomic E-state index is 0.00751. The minimum atomic E-state index is -1.17. The van der Waals surface area contributed by atoms with Gasteiger partial charge in [0, 0.05) is 30.3 Å². The molecule has 0 spiro atoms. The van der Waals surface area contributed by atoms with Gasteiger partial charge in [0.25, 0.3) is 0 Å². The van der Waals surface area contributed by atoms with Crippen LogP contribution in [-0.2, 0) is 17.2 Å². The van der Waals surface area contributed by atoms with Crippen molar-refractivity contribution in [3.63, 3.8) is 0 Å². The number of aromatic nitrogens is 1. The predicted molar refractivity (Wildman–Crippen MR) is 129 cm³/mol. The lowest BCUT2D eigenvalue weighted by Crippen LogP contribution is -2.54. The van der Waals surface area contributed by atoms with Crippen LogP contribution in [0.3, 0.4) is 0 Å². The van der Waals surface area contributed by atoms with Crippen molar-refractivity contribution in [3.8, 4) is 6.07 Å². The van der Waals surface area contributed by atoms with E-state index in [0.29, 0.717) is 51.9 Å². The normalized spacial score (nSPS) is 28.9. The summed E-state index contributed by atoms with van der Waals surface area (Å²) in [6.45, 7) is 1.73. The van der Waals surface area contributed by atoms with Crippen LogP contribution in [0.4, 0.5) is 11.5 Å². The summed E-state index contributed by atoms with van der Waals surface area (Å²) in [5, 5.41) is 24.5. The summed E-state index contributed by atoms with van der Waals surface area (Å²) in [5.41, 5.74) is 2.89. The molecule has 5 aliphatic rings. The van der Waals surface area contributed by atoms with E-state index in [1.807, 2.05) is 12.1 Å². The molecule has 1 aromatic carbocycles. The molecular formula is C25H27ClN4O2S. The van der Waals surface area contributed by atoms with Crippen LogP contribution in [0.2, 0.25) is 5.02 Å². The second-order valence-corrected chi connectivity index (χ2v) is 12.0. The van der Waals surface area contributed by atoms with E-state index in [9.17, 15) is 14.6 Å². The van der Waals surface area contributed by atoms with Crippen LogP contribution in [0, 0.1) is 23.2 Å². The number of aryl methyl sites for hydroxylation is 1. The second kappa shape index (κ2) is 7.97. The molecule has 2 saturated carbocycles. The number of nitrogens with one attached hydrogen (secondary N) is 1. The number of hydrogen-bond acceptors (Lipinski definition) is 6. The largest absolute Gasteiger partial charge is 0.394 e. The molecule has 33 heavy (non-hydrogen) atoms. The standard InChI is InChI=1S/C25H27ClN4O2S/c26-18-4-2-15(3-5-18)21-16-10-17(21)13-30(12-16)24-19(11-27)22(29-25(14-31)7-1-8-25)23-20(28-24)6-9-33(23)32/h2-5,16-17,21,31H,1,6-10,12-14H2,(H,28,29)/t16?,17?,21?,33-/m0/s1. The van der Waals surface area contributed by atoms with Crippen LogP contribution in [0.5, 0.6) is 0 Å². The number of benzene rings is 1. The smallest absolute Gasteiger partial charge is 0.149 e. The Bertz CT molecular complexity index is 1160. The van der Waals surface area contributed by atoms with E-state index in [0.717, 1.165) is 43.1 Å². The van der Waals surface area contributed by atoms with Crippen molar-refractivity contribution in [2.24, 2.45) is 11.8 Å². The topological polar surface area (TPSA) is 89.2 Å². The van der Waals surface area contributed by atoms with Crippen LogP contribution >= 0.6 is 11.6 Å². The molecule has 7 rings (SSSR count). The summed E-state index contributed by atoms with van der Waals surface area (Å²) in [5.74, 6) is 2.83. The number of hydrogen-bond donors (Lipinski definition) is 2. The molecule has 2 bridgehead atoms. The Kier molecular flexibility index (Phi) is 5.17. The highest BCUT2D eigenvalue weighted by Crippen LogP contribution is 2.53. The maximum absolute atomic E-state index is 12.8. The van der Waals surface area contributed by atoms with Crippen molar-refractivity contribution >= 4 is 33.9 Å². The maximum atomic E-state index is 12.8. The number of aliphatic hydroxyl groups excluding tert-OH is 1. The molecule has 2 unspecified atom stereocenters. The second-order valence-electron chi connectivity index (χ2n) is 10.0. The molecule has 4 fully saturated rings. The fourth-order valence-corrected chi connectivity index (χ4v) is 7.75. The van der Waals surface area contributed by atoms with E-state index in [4.69, 9.17) is 16.6 Å². The van der Waals surface area contributed by atoms with Gasteiger partial charge in [0.1, 0.15) is 17.5 Å². The summed E-state index contributed by atoms with van der Waals surface area (Å²) in [6, 6.07) is 10.6. The van der Waals surface area contributed by atoms with Crippen LogP contribution in [0.15, 0.2) is 29.2 Å². The van der Waals surface area contributed by atoms with E-state index in [1.54, 1.807) is 0 Å². The van der Waals surface area contributed by atoms with Crippen molar-refractivity contribution < 1.29 is 9.32 Å². The Morgan fingerprint density at radius 3 is 2.61 bits per heavy atom. The molecule has 4 heterocycles. The number of nitriles is 1. The molecule has 2 aliphatic carbocycles. The van der Waals surface area contributed by atoms with Crippen molar-refractivity contribution in [3.05, 3.63) is 46.1 Å². The highest BCUT2D eigenvalue weighted by Gasteiger charge is 2.48. The van der Waals surface area contributed by atoms with E-state index < -0.39 is 16.3 Å². The summed E-state index contributed by atoms with van der Waals surface area (Å²) >= 11 is 6.09. The van der Waals surface area contributed by atoms with Crippen molar-refractivity contribution in [2.75, 3.05) is 35.7 Å². The quantitative estimate of drug-likeness (QED) is 0.673. The molecular weight excluding hydrogens is 456 g/mol. The number of fused-ring (bicyclic) bond motifs is 3. The zero-order valence-electron chi connectivity index (χ0n) is 18.4. The number of aliphatic hydroxyl groups is 1. The first-order valence-corrected chi connectivity index (χ1v) is 13.5. The zero-order valence-corrected chi connectivity index (χ0v) is 20.0. The predicted octanol–water partition coefficient (Wildman–Crippen LogP) is 3.84. The first-order chi connectivity index (χ1) is 16.0. The van der Waals surface area contributed by atoms with Crippen LogP contribution in [-0.4, -0.2) is 45.3 Å². The Morgan fingerprint density at radius 2 is 2.00 bits per heavy atom. The van der Waals surface area contributed by atoms with E-state index in [2.05, 4.69) is 28.4 Å². The number of halogens is 1. The molecule has 0 radical (unpaired) electrons. The highest BCUT2D eigenvalue weighted by molar-refractivity contribution is 7.85. The molecule has 0 amide bonds. The number of piperidine rings is 2. The molecule has 172 valence electrons. The van der Waals surface area contributed by atoms with Crippen LogP contribution < -0.4 is 10.2 Å². The molecule has 2 aromatic rings. The third-order valence-electron chi connectivity index (χ3n) is 8.16. The minimum Gasteiger partial charge on any atom is -0.394 e. The summed E-state index contributed by atoms with van der Waals surface area (Å²) < 4.78 is 12.8. The van der Waals surface area contributed by atoms with E-state index >= 15 is 0 Å². The Morgan fingerprint density at radius 1 is 1.27 bits per heavy atom. The molecule has 2 saturated heterocycles. The molecule has 3 atom stereocenters. The van der Waals surface area contributed by atoms with Gasteiger partial charge in [-0.3, -0.25) is 4.21 Å². The molecule has 1 aromatic heterocycles. The van der Waals surface area contributed by atoms with Gasteiger partial charge in [-0.25, -0.2) is 4.98 Å². The monoisotopic (exact) mass is 482 g/mol. The zero-order chi connectivity index (χ0) is 22.7. The Hall–Kier alpha value is -2.14. The van der Waals surface area contributed by atoms with Gasteiger partial charge in [0.05, 0.1) is 39.2 Å². The average Bonchev–Trinajstić information content (AvgIpc) is 3.17. The Balaban J connectivity index is 1.35. The third-order valence-corrected chi connectivity index (χ3v) is 9.88. The van der Waals surface area contributed by atoms with Crippen LogP contribution in [0.25, 0.3) is 0 Å². The first kappa shape index (κ1) is 21.4. The fraction of sp³-hybridized carbons (Fsp3) is 0.520. The molecule has 2 N–H and O–H groups in total. The number of pyridine rings is 1. The van der Waals surface area contributed by atoms with Gasteiger partial charge in [0.15, 0.2) is 0 Å². The average molecular weight is 483 g/mol. The van der Waals surface area contributed by atoms with E-state index in [1.165, 1.54) is 12.0 Å². The lowest BCUT2D eigenvalue weighted by Gasteiger charge is -2.54. The molecule has 6 nitrogen and oxygen atoms in total. The van der Waals surface area contributed by atoms with Gasteiger partial charge in [-0.2, -0.15) is 5.26 Å². The van der Waals surface area contributed by atoms with E-state index in [-0.39, 0.29) is 6.61 Å². The number of rotatable bonds is 5. The highest BCUT2D eigenvalue weighted by atomic mass is 35.5. The first-order valence-electron chi connectivity index (χ1n) is 11.8. The summed E-state index contributed by atoms with van der Waals surface area (Å²) in [7, 11) is -1.17. The number of nitrogens with zero attached hydrogens (tertiary/aromatic N) is 3. The lowest BCUT2D eigenvalue weighted by atomic mass is 9.59. The van der Waals surface area contributed by atoms with Crippen LogP contribution in [0.1, 0.15) is 48.4 Å². The lowest BCUT2D eigenvalue weighted by molar-refractivity contribution is 0.111. The third kappa shape index (κ3) is 3.38. The van der Waals surface area contributed by atoms with Gasteiger partial charge in [-0.15, -0.1) is 0 Å². The van der Waals surface area contributed by atoms with Crippen molar-refractivity contribution in [2.45, 2.75) is 48.5 Å². The van der Waals surface area contributed by atoms with Crippen molar-refractivity contribution in [1.82, 2.24) is 4.98 Å². The van der Waals surface area contributed by atoms with Gasteiger partial charge in [-0.1, -0.05) is 23.7 Å². The fourth-order valence-electron chi connectivity index (χ4n) is 6.25.